The van der Waals surface area contributed by atoms with Crippen molar-refractivity contribution in [2.24, 2.45) is 0 Å². The summed E-state index contributed by atoms with van der Waals surface area (Å²) in [5.41, 5.74) is 4.43. The summed E-state index contributed by atoms with van der Waals surface area (Å²) in [5, 5.41) is 3.06. The molecule has 28 heavy (non-hydrogen) atoms. The summed E-state index contributed by atoms with van der Waals surface area (Å²) in [6.45, 7) is 6.12. The Labute approximate surface area is 165 Å². The number of hydrogen-bond donors (Lipinski definition) is 1. The molecule has 0 saturated carbocycles. The number of aromatic nitrogens is 1. The number of amides is 1. The lowest BCUT2D eigenvalue weighted by molar-refractivity contribution is -0.121. The zero-order valence-electron chi connectivity index (χ0n) is 16.8. The third-order valence-electron chi connectivity index (χ3n) is 4.77. The van der Waals surface area contributed by atoms with Crippen LogP contribution in [0.3, 0.4) is 0 Å². The number of aryl methyl sites for hydroxylation is 3. The maximum Gasteiger partial charge on any atom is 0.220 e. The summed E-state index contributed by atoms with van der Waals surface area (Å²) in [6.07, 6.45) is 2.48. The number of carbonyl (C=O) groups excluding carboxylic acids is 1. The Kier molecular flexibility index (Phi) is 6.14. The molecule has 0 aliphatic rings. The molecule has 5 nitrogen and oxygen atoms in total. The Morgan fingerprint density at radius 2 is 1.93 bits per heavy atom. The number of rotatable bonds is 7. The van der Waals surface area contributed by atoms with Gasteiger partial charge in [0.05, 0.1) is 19.3 Å². The zero-order chi connectivity index (χ0) is 20.1. The normalized spacial score (nSPS) is 11.9. The molecule has 5 heteroatoms. The Hall–Kier alpha value is -3.08. The Bertz CT molecular complexity index is 945. The summed E-state index contributed by atoms with van der Waals surface area (Å²) >= 11 is 0. The van der Waals surface area contributed by atoms with E-state index < -0.39 is 0 Å². The summed E-state index contributed by atoms with van der Waals surface area (Å²) in [7, 11) is 1.63. The summed E-state index contributed by atoms with van der Waals surface area (Å²) < 4.78 is 10.9. The first kappa shape index (κ1) is 19.7. The molecule has 3 aromatic rings. The van der Waals surface area contributed by atoms with E-state index in [1.807, 2.05) is 31.2 Å². The monoisotopic (exact) mass is 378 g/mol. The lowest BCUT2D eigenvalue weighted by Gasteiger charge is -2.17. The summed E-state index contributed by atoms with van der Waals surface area (Å²) in [5.74, 6) is 2.01. The molecular formula is C23H26N2O3. The van der Waals surface area contributed by atoms with E-state index in [1.54, 1.807) is 13.3 Å². The van der Waals surface area contributed by atoms with E-state index >= 15 is 0 Å². The van der Waals surface area contributed by atoms with Gasteiger partial charge in [0.15, 0.2) is 11.7 Å². The second-order valence-electron chi connectivity index (χ2n) is 7.00. The van der Waals surface area contributed by atoms with Crippen LogP contribution in [0.1, 0.15) is 42.0 Å². The molecule has 0 spiro atoms. The maximum absolute atomic E-state index is 12.3. The summed E-state index contributed by atoms with van der Waals surface area (Å²) in [6, 6.07) is 13.8. The van der Waals surface area contributed by atoms with Crippen LogP contribution in [0, 0.1) is 13.8 Å². The van der Waals surface area contributed by atoms with Gasteiger partial charge >= 0.3 is 0 Å². The van der Waals surface area contributed by atoms with Crippen molar-refractivity contribution >= 4 is 5.91 Å². The third kappa shape index (κ3) is 4.80. The first-order valence-corrected chi connectivity index (χ1v) is 9.42. The Balaban J connectivity index is 1.56. The van der Waals surface area contributed by atoms with Crippen molar-refractivity contribution in [3.05, 3.63) is 71.2 Å². The number of nitrogens with zero attached hydrogens (tertiary/aromatic N) is 1. The van der Waals surface area contributed by atoms with Crippen LogP contribution in [-0.4, -0.2) is 18.0 Å². The molecule has 1 atom stereocenters. The zero-order valence-corrected chi connectivity index (χ0v) is 16.8. The number of benzene rings is 2. The van der Waals surface area contributed by atoms with Gasteiger partial charge in [0.25, 0.3) is 0 Å². The van der Waals surface area contributed by atoms with E-state index in [-0.39, 0.29) is 11.9 Å². The molecule has 0 fully saturated rings. The number of hydrogen-bond acceptors (Lipinski definition) is 4. The minimum atomic E-state index is -0.0354. The first-order valence-electron chi connectivity index (χ1n) is 9.42. The minimum absolute atomic E-state index is 0.0161. The molecule has 1 amide bonds. The molecule has 0 aliphatic carbocycles. The second-order valence-corrected chi connectivity index (χ2v) is 7.00. The number of nitrogens with one attached hydrogen (secondary N) is 1. The van der Waals surface area contributed by atoms with Gasteiger partial charge in [0, 0.05) is 18.4 Å². The predicted molar refractivity (Wildman–Crippen MR) is 109 cm³/mol. The second kappa shape index (κ2) is 8.74. The standard InChI is InChI=1S/C23H26N2O3/c1-15-5-6-16(2)20(13-15)17(3)25-22(26)11-12-23-24-14-21(28-23)18-7-9-19(27-4)10-8-18/h5-10,13-14,17H,11-12H2,1-4H3,(H,25,26). The van der Waals surface area contributed by atoms with Gasteiger partial charge < -0.3 is 14.5 Å². The van der Waals surface area contributed by atoms with E-state index in [9.17, 15) is 4.79 Å². The van der Waals surface area contributed by atoms with Crippen LogP contribution >= 0.6 is 0 Å². The van der Waals surface area contributed by atoms with Crippen LogP contribution in [0.4, 0.5) is 0 Å². The largest absolute Gasteiger partial charge is 0.497 e. The highest BCUT2D eigenvalue weighted by Crippen LogP contribution is 2.24. The lowest BCUT2D eigenvalue weighted by atomic mass is 10.00. The van der Waals surface area contributed by atoms with Gasteiger partial charge in [-0.2, -0.15) is 0 Å². The highest BCUT2D eigenvalue weighted by molar-refractivity contribution is 5.76. The number of methoxy groups -OCH3 is 1. The van der Waals surface area contributed by atoms with Gasteiger partial charge in [0.2, 0.25) is 5.91 Å². The van der Waals surface area contributed by atoms with Gasteiger partial charge in [-0.15, -0.1) is 0 Å². The van der Waals surface area contributed by atoms with E-state index in [1.165, 1.54) is 11.1 Å². The van der Waals surface area contributed by atoms with Crippen molar-refractivity contribution in [2.75, 3.05) is 7.11 Å². The van der Waals surface area contributed by atoms with Crippen LogP contribution in [-0.2, 0) is 11.2 Å². The summed E-state index contributed by atoms with van der Waals surface area (Å²) in [4.78, 5) is 16.6. The van der Waals surface area contributed by atoms with Crippen molar-refractivity contribution in [1.82, 2.24) is 10.3 Å². The van der Waals surface area contributed by atoms with Crippen LogP contribution in [0.25, 0.3) is 11.3 Å². The fourth-order valence-corrected chi connectivity index (χ4v) is 3.15. The fraction of sp³-hybridized carbons (Fsp3) is 0.304. The fourth-order valence-electron chi connectivity index (χ4n) is 3.15. The van der Waals surface area contributed by atoms with Gasteiger partial charge in [-0.05, 0) is 56.2 Å². The smallest absolute Gasteiger partial charge is 0.220 e. The van der Waals surface area contributed by atoms with Gasteiger partial charge in [-0.25, -0.2) is 4.98 Å². The van der Waals surface area contributed by atoms with Crippen LogP contribution in [0.15, 0.2) is 53.1 Å². The SMILES string of the molecule is COc1ccc(-c2cnc(CCC(=O)NC(C)c3cc(C)ccc3C)o2)cc1. The predicted octanol–water partition coefficient (Wildman–Crippen LogP) is 4.78. The lowest BCUT2D eigenvalue weighted by Crippen LogP contribution is -2.27. The van der Waals surface area contributed by atoms with Crippen molar-refractivity contribution in [2.45, 2.75) is 39.7 Å². The molecule has 1 aromatic heterocycles. The molecule has 3 rings (SSSR count). The van der Waals surface area contributed by atoms with Crippen molar-refractivity contribution in [3.63, 3.8) is 0 Å². The number of carbonyl (C=O) groups is 1. The Morgan fingerprint density at radius 1 is 1.18 bits per heavy atom. The molecule has 0 saturated heterocycles. The molecular weight excluding hydrogens is 352 g/mol. The molecule has 1 N–H and O–H groups in total. The van der Waals surface area contributed by atoms with Crippen LogP contribution in [0.5, 0.6) is 5.75 Å². The molecule has 0 bridgehead atoms. The van der Waals surface area contributed by atoms with E-state index in [4.69, 9.17) is 9.15 Å². The van der Waals surface area contributed by atoms with Gasteiger partial charge in [-0.1, -0.05) is 23.8 Å². The minimum Gasteiger partial charge on any atom is -0.497 e. The molecule has 0 radical (unpaired) electrons. The highest BCUT2D eigenvalue weighted by Gasteiger charge is 2.14. The van der Waals surface area contributed by atoms with Crippen molar-refractivity contribution < 1.29 is 13.9 Å². The quantitative estimate of drug-likeness (QED) is 0.643. The molecule has 146 valence electrons. The van der Waals surface area contributed by atoms with Gasteiger partial charge in [-0.3, -0.25) is 4.79 Å². The maximum atomic E-state index is 12.3. The Morgan fingerprint density at radius 3 is 2.64 bits per heavy atom. The van der Waals surface area contributed by atoms with Crippen molar-refractivity contribution in [1.29, 1.82) is 0 Å². The highest BCUT2D eigenvalue weighted by atomic mass is 16.5. The molecule has 1 unspecified atom stereocenters. The van der Waals surface area contributed by atoms with Crippen LogP contribution in [0.2, 0.25) is 0 Å². The average Bonchev–Trinajstić information content (AvgIpc) is 3.17. The number of oxazole rings is 1. The van der Waals surface area contributed by atoms with E-state index in [0.717, 1.165) is 16.9 Å². The molecule has 1 heterocycles. The van der Waals surface area contributed by atoms with Crippen molar-refractivity contribution in [3.8, 4) is 17.1 Å². The first-order chi connectivity index (χ1) is 13.5. The average molecular weight is 378 g/mol. The molecule has 2 aromatic carbocycles. The van der Waals surface area contributed by atoms with Crippen LogP contribution < -0.4 is 10.1 Å². The topological polar surface area (TPSA) is 64.4 Å². The van der Waals surface area contributed by atoms with E-state index in [0.29, 0.717) is 24.5 Å². The number of ether oxygens (including phenoxy) is 1. The van der Waals surface area contributed by atoms with Gasteiger partial charge in [0.1, 0.15) is 5.75 Å². The third-order valence-corrected chi connectivity index (χ3v) is 4.77. The molecule has 0 aliphatic heterocycles. The van der Waals surface area contributed by atoms with E-state index in [2.05, 4.69) is 42.3 Å².